The number of aromatic carboxylic acids is 1. The van der Waals surface area contributed by atoms with Crippen molar-refractivity contribution in [2.24, 2.45) is 5.92 Å². The van der Waals surface area contributed by atoms with E-state index >= 15 is 0 Å². The van der Waals surface area contributed by atoms with Gasteiger partial charge in [-0.15, -0.1) is 0 Å². The van der Waals surface area contributed by atoms with E-state index in [1.807, 2.05) is 0 Å². The van der Waals surface area contributed by atoms with E-state index in [4.69, 9.17) is 18.9 Å². The topological polar surface area (TPSA) is 183 Å². The van der Waals surface area contributed by atoms with Gasteiger partial charge in [-0.05, 0) is 138 Å². The molecule has 3 N–H and O–H groups in total. The lowest BCUT2D eigenvalue weighted by Gasteiger charge is -2.23. The van der Waals surface area contributed by atoms with Gasteiger partial charge < -0.3 is 34.3 Å². The molecule has 1 atom stereocenters. The second-order valence-electron chi connectivity index (χ2n) is 12.0. The van der Waals surface area contributed by atoms with Crippen molar-refractivity contribution in [2.75, 3.05) is 7.11 Å². The Morgan fingerprint density at radius 2 is 1.20 bits per heavy atom. The third-order valence-electron chi connectivity index (χ3n) is 9.02. The summed E-state index contributed by atoms with van der Waals surface area (Å²) in [5.41, 5.74) is 2.21. The number of halogens is 2. The van der Waals surface area contributed by atoms with Crippen LogP contribution in [0.15, 0.2) is 38.5 Å². The van der Waals surface area contributed by atoms with Gasteiger partial charge in [0.25, 0.3) is 0 Å². The fraction of sp³-hybridized carbons (Fsp3) is 0.270. The highest BCUT2D eigenvalue weighted by molar-refractivity contribution is 9.11. The van der Waals surface area contributed by atoms with Crippen LogP contribution in [0.1, 0.15) is 76.9 Å². The molecule has 0 saturated carbocycles. The number of aromatic hydroxyl groups is 2. The number of carbonyl (C=O) groups excluding carboxylic acids is 4. The Bertz CT molecular complexity index is 2080. The molecule has 3 aromatic carbocycles. The smallest absolute Gasteiger partial charge is 0.348 e. The van der Waals surface area contributed by atoms with Crippen molar-refractivity contribution in [2.45, 2.75) is 55.4 Å². The minimum absolute atomic E-state index is 0.00426. The van der Waals surface area contributed by atoms with Crippen LogP contribution in [-0.2, 0) is 14.3 Å². The van der Waals surface area contributed by atoms with Gasteiger partial charge in [-0.1, -0.05) is 0 Å². The molecule has 0 heterocycles. The molecule has 0 bridgehead atoms. The predicted molar refractivity (Wildman–Crippen MR) is 191 cm³/mol. The molecule has 0 amide bonds. The average Bonchev–Trinajstić information content (AvgIpc) is 3.05. The monoisotopic (exact) mass is 828 g/mol. The van der Waals surface area contributed by atoms with Crippen LogP contribution in [0.3, 0.4) is 0 Å². The van der Waals surface area contributed by atoms with Gasteiger partial charge in [0.1, 0.15) is 50.3 Å². The Morgan fingerprint density at radius 3 is 1.75 bits per heavy atom. The Morgan fingerprint density at radius 1 is 0.667 bits per heavy atom. The summed E-state index contributed by atoms with van der Waals surface area (Å²) in [5.74, 6) is -6.36. The zero-order valence-electron chi connectivity index (χ0n) is 29.1. The normalized spacial score (nSPS) is 14.0. The van der Waals surface area contributed by atoms with E-state index in [0.29, 0.717) is 33.4 Å². The van der Waals surface area contributed by atoms with Crippen LogP contribution in [0.4, 0.5) is 0 Å². The van der Waals surface area contributed by atoms with Gasteiger partial charge in [0.2, 0.25) is 0 Å². The van der Waals surface area contributed by atoms with Crippen molar-refractivity contribution < 1.29 is 58.2 Å². The van der Waals surface area contributed by atoms with Crippen LogP contribution in [0.25, 0.3) is 0 Å². The number of methoxy groups -OCH3 is 1. The summed E-state index contributed by atoms with van der Waals surface area (Å²) < 4.78 is 22.1. The van der Waals surface area contributed by atoms with Gasteiger partial charge in [0.05, 0.1) is 12.7 Å². The number of allylic oxidation sites excluding steroid dienone is 2. The fourth-order valence-corrected chi connectivity index (χ4v) is 6.92. The Balaban J connectivity index is 1.65. The largest absolute Gasteiger partial charge is 0.507 e. The van der Waals surface area contributed by atoms with Crippen LogP contribution < -0.4 is 14.2 Å². The molecule has 0 aromatic heterocycles. The van der Waals surface area contributed by atoms with Crippen LogP contribution in [-0.4, -0.2) is 52.1 Å². The minimum Gasteiger partial charge on any atom is -0.507 e. The summed E-state index contributed by atoms with van der Waals surface area (Å²) in [6, 6.07) is 1.28. The molecule has 0 fully saturated rings. The number of carboxylic acid groups (broad SMARTS) is 1. The third kappa shape index (κ3) is 7.02. The van der Waals surface area contributed by atoms with Crippen LogP contribution in [0.5, 0.6) is 28.7 Å². The highest BCUT2D eigenvalue weighted by Gasteiger charge is 2.34. The lowest BCUT2D eigenvalue weighted by atomic mass is 9.92. The molecule has 14 heteroatoms. The molecule has 268 valence electrons. The van der Waals surface area contributed by atoms with Crippen LogP contribution in [0.2, 0.25) is 0 Å². The number of ketones is 1. The number of hydrogen-bond acceptors (Lipinski definition) is 11. The van der Waals surface area contributed by atoms with Gasteiger partial charge in [-0.25, -0.2) is 14.4 Å². The third-order valence-corrected chi connectivity index (χ3v) is 10.4. The zero-order chi connectivity index (χ0) is 38.4. The molecule has 0 radical (unpaired) electrons. The van der Waals surface area contributed by atoms with E-state index in [-0.39, 0.29) is 65.6 Å². The van der Waals surface area contributed by atoms with E-state index in [1.54, 1.807) is 41.5 Å². The Labute approximate surface area is 309 Å². The minimum atomic E-state index is -1.11. The molecular weight excluding hydrogens is 796 g/mol. The quantitative estimate of drug-likeness (QED) is 0.150. The van der Waals surface area contributed by atoms with Crippen molar-refractivity contribution in [1.82, 2.24) is 0 Å². The van der Waals surface area contributed by atoms with E-state index in [9.17, 15) is 39.3 Å². The molecule has 4 rings (SSSR count). The molecule has 51 heavy (non-hydrogen) atoms. The number of phenolic OH excluding ortho intramolecular Hbond substituents is 2. The fourth-order valence-electron chi connectivity index (χ4n) is 5.78. The van der Waals surface area contributed by atoms with Crippen molar-refractivity contribution in [3.8, 4) is 28.7 Å². The van der Waals surface area contributed by atoms with Crippen molar-refractivity contribution in [3.05, 3.63) is 94.1 Å². The predicted octanol–water partition coefficient (Wildman–Crippen LogP) is 7.50. The standard InChI is InChI=1S/C37H34Br2O12/c1-13-10-21(40)11-24(48-9)25(13)35(45)51-33-19(7)16(4)27(31(42)29(33)39)36(46)49-23-12-22(38)28(30(41)20(23)8)37(47)50-32-17(5)14(2)26(34(43)44)15(3)18(32)6/h10-12,25,41-42H,1-9H3,(H,43,44). The highest BCUT2D eigenvalue weighted by Crippen LogP contribution is 2.44. The number of hydrogen-bond donors (Lipinski definition) is 3. The van der Waals surface area contributed by atoms with Gasteiger partial charge in [0, 0.05) is 16.1 Å². The second-order valence-corrected chi connectivity index (χ2v) is 13.7. The summed E-state index contributed by atoms with van der Waals surface area (Å²) in [5, 5.41) is 31.9. The number of esters is 3. The summed E-state index contributed by atoms with van der Waals surface area (Å²) in [7, 11) is 1.32. The molecule has 3 aromatic rings. The number of carbonyl (C=O) groups is 5. The number of carboxylic acids is 1. The number of rotatable bonds is 8. The molecular formula is C37H34Br2O12. The first-order valence-corrected chi connectivity index (χ1v) is 16.8. The molecule has 12 nitrogen and oxygen atoms in total. The maximum absolute atomic E-state index is 13.5. The lowest BCUT2D eigenvalue weighted by Crippen LogP contribution is -2.28. The first-order valence-electron chi connectivity index (χ1n) is 15.3. The summed E-state index contributed by atoms with van der Waals surface area (Å²) in [6.45, 7) is 12.5. The molecule has 1 aliphatic carbocycles. The lowest BCUT2D eigenvalue weighted by molar-refractivity contribution is -0.137. The summed E-state index contributed by atoms with van der Waals surface area (Å²) in [4.78, 5) is 63.9. The SMILES string of the molecule is COC1=CC(=O)C=C(C)C1C(=O)Oc1c(C)c(C)c(C(=O)Oc2cc(Br)c(C(=O)Oc3c(C)c(C)c(C(=O)O)c(C)c3C)c(O)c2C)c(O)c1Br. The van der Waals surface area contributed by atoms with Gasteiger partial charge in [-0.3, -0.25) is 9.59 Å². The van der Waals surface area contributed by atoms with E-state index in [0.717, 1.165) is 0 Å². The molecule has 1 unspecified atom stereocenters. The Kier molecular flexibility index (Phi) is 11.2. The van der Waals surface area contributed by atoms with Gasteiger partial charge in [0.15, 0.2) is 11.5 Å². The average molecular weight is 830 g/mol. The first kappa shape index (κ1) is 38.8. The number of benzene rings is 3. The van der Waals surface area contributed by atoms with Crippen molar-refractivity contribution >= 4 is 61.5 Å². The number of ether oxygens (including phenoxy) is 4. The van der Waals surface area contributed by atoms with E-state index < -0.39 is 41.3 Å². The molecule has 0 spiro atoms. The maximum atomic E-state index is 13.5. The molecule has 0 saturated heterocycles. The number of phenols is 2. The van der Waals surface area contributed by atoms with Crippen molar-refractivity contribution in [1.29, 1.82) is 0 Å². The first-order chi connectivity index (χ1) is 23.7. The van der Waals surface area contributed by atoms with Crippen molar-refractivity contribution in [3.63, 3.8) is 0 Å². The van der Waals surface area contributed by atoms with Gasteiger partial charge in [-0.2, -0.15) is 0 Å². The Hall–Kier alpha value is -4.95. The van der Waals surface area contributed by atoms with E-state index in [2.05, 4.69) is 31.9 Å². The van der Waals surface area contributed by atoms with Crippen LogP contribution in [0, 0.1) is 54.4 Å². The molecule has 1 aliphatic rings. The molecule has 0 aliphatic heterocycles. The van der Waals surface area contributed by atoms with Crippen LogP contribution >= 0.6 is 31.9 Å². The second kappa shape index (κ2) is 14.7. The maximum Gasteiger partial charge on any atom is 0.348 e. The van der Waals surface area contributed by atoms with Gasteiger partial charge >= 0.3 is 23.9 Å². The zero-order valence-corrected chi connectivity index (χ0v) is 32.3. The summed E-state index contributed by atoms with van der Waals surface area (Å²) in [6.07, 6.45) is 2.47. The summed E-state index contributed by atoms with van der Waals surface area (Å²) >= 11 is 6.47. The van der Waals surface area contributed by atoms with E-state index in [1.165, 1.54) is 39.2 Å². The highest BCUT2D eigenvalue weighted by atomic mass is 79.9.